The third-order valence-electron chi connectivity index (χ3n) is 2.00. The number of nitrogens with zero attached hydrogens (tertiary/aromatic N) is 2. The van der Waals surface area contributed by atoms with Crippen molar-refractivity contribution in [2.75, 3.05) is 5.73 Å². The van der Waals surface area contributed by atoms with Gasteiger partial charge in [0, 0.05) is 0 Å². The molecule has 0 radical (unpaired) electrons. The first kappa shape index (κ1) is 15.4. The highest BCUT2D eigenvalue weighted by molar-refractivity contribution is 5.29. The number of hydrogen-bond acceptors (Lipinski definition) is 9. The second-order valence-corrected chi connectivity index (χ2v) is 3.90. The van der Waals surface area contributed by atoms with Crippen LogP contribution in [-0.4, -0.2) is 55.2 Å². The van der Waals surface area contributed by atoms with Crippen LogP contribution in [0, 0.1) is 0 Å². The van der Waals surface area contributed by atoms with Gasteiger partial charge in [-0.25, -0.2) is 0 Å². The van der Waals surface area contributed by atoms with E-state index in [2.05, 4.69) is 9.97 Å². The Balaban J connectivity index is 2.82. The van der Waals surface area contributed by atoms with Gasteiger partial charge in [0.25, 0.3) is 0 Å². The van der Waals surface area contributed by atoms with Crippen LogP contribution in [0.3, 0.4) is 0 Å². The molecule has 1 aromatic rings. The van der Waals surface area contributed by atoms with Gasteiger partial charge in [0.15, 0.2) is 0 Å². The van der Waals surface area contributed by atoms with Crippen LogP contribution >= 0.6 is 0 Å². The number of aliphatic hydroxyl groups is 4. The minimum Gasteiger partial charge on any atom is -0.445 e. The fourth-order valence-corrected chi connectivity index (χ4v) is 0.986. The van der Waals surface area contributed by atoms with Gasteiger partial charge in [-0.15, -0.1) is 0 Å². The molecule has 1 rings (SSSR count). The lowest BCUT2D eigenvalue weighted by Crippen LogP contribution is -2.30. The number of nitrogen functional groups attached to an aromatic ring is 1. The Morgan fingerprint density at radius 3 is 1.63 bits per heavy atom. The fourth-order valence-electron chi connectivity index (χ4n) is 0.986. The van der Waals surface area contributed by atoms with Crippen LogP contribution in [0.2, 0.25) is 0 Å². The van der Waals surface area contributed by atoms with Gasteiger partial charge in [0.1, 0.15) is 12.2 Å². The molecule has 0 fully saturated rings. The highest BCUT2D eigenvalue weighted by Crippen LogP contribution is 2.19. The lowest BCUT2D eigenvalue weighted by Gasteiger charge is -2.17. The lowest BCUT2D eigenvalue weighted by atomic mass is 10.4. The lowest BCUT2D eigenvalue weighted by molar-refractivity contribution is -0.102. The summed E-state index contributed by atoms with van der Waals surface area (Å²) in [6.07, 6.45) is -5.26. The summed E-state index contributed by atoms with van der Waals surface area (Å²) in [5.74, 6) is -0.509. The van der Waals surface area contributed by atoms with Crippen LogP contribution in [0.1, 0.15) is 13.8 Å². The predicted molar refractivity (Wildman–Crippen MR) is 63.1 cm³/mol. The second kappa shape index (κ2) is 6.48. The summed E-state index contributed by atoms with van der Waals surface area (Å²) in [5, 5.41) is 36.8. The van der Waals surface area contributed by atoms with E-state index in [1.165, 1.54) is 13.8 Å². The summed E-state index contributed by atoms with van der Waals surface area (Å²) in [5.41, 5.74) is 5.39. The SMILES string of the molecule is C[C@H](O)[C@H](O)Oc1cc(O[C@@H](O)[C@H](C)O)nc(N)n1. The molecule has 0 unspecified atom stereocenters. The van der Waals surface area contributed by atoms with Crippen molar-refractivity contribution in [1.82, 2.24) is 9.97 Å². The highest BCUT2D eigenvalue weighted by atomic mass is 16.6. The maximum absolute atomic E-state index is 9.33. The Morgan fingerprint density at radius 1 is 0.947 bits per heavy atom. The van der Waals surface area contributed by atoms with Gasteiger partial charge in [-0.2, -0.15) is 9.97 Å². The van der Waals surface area contributed by atoms with E-state index in [-0.39, 0.29) is 17.7 Å². The van der Waals surface area contributed by atoms with E-state index in [0.717, 1.165) is 6.07 Å². The van der Waals surface area contributed by atoms with Crippen molar-refractivity contribution in [2.24, 2.45) is 0 Å². The molecule has 9 nitrogen and oxygen atoms in total. The van der Waals surface area contributed by atoms with Gasteiger partial charge in [0.2, 0.25) is 30.3 Å². The molecule has 6 N–H and O–H groups in total. The Morgan fingerprint density at radius 2 is 1.32 bits per heavy atom. The highest BCUT2D eigenvalue weighted by Gasteiger charge is 2.17. The second-order valence-electron chi connectivity index (χ2n) is 3.90. The van der Waals surface area contributed by atoms with Crippen molar-refractivity contribution >= 4 is 5.95 Å². The van der Waals surface area contributed by atoms with Crippen LogP contribution in [0.25, 0.3) is 0 Å². The number of aromatic nitrogens is 2. The van der Waals surface area contributed by atoms with Crippen molar-refractivity contribution < 1.29 is 29.9 Å². The first-order chi connectivity index (χ1) is 8.79. The maximum Gasteiger partial charge on any atom is 0.226 e. The quantitative estimate of drug-likeness (QED) is 0.379. The molecule has 0 spiro atoms. The molecule has 0 aliphatic heterocycles. The zero-order valence-electron chi connectivity index (χ0n) is 10.5. The zero-order valence-corrected chi connectivity index (χ0v) is 10.5. The molecular weight excluding hydrogens is 258 g/mol. The molecule has 0 aliphatic carbocycles. The summed E-state index contributed by atoms with van der Waals surface area (Å²) in [4.78, 5) is 7.32. The molecule has 1 aromatic heterocycles. The summed E-state index contributed by atoms with van der Waals surface area (Å²) < 4.78 is 9.78. The molecular formula is C10H17N3O6. The van der Waals surface area contributed by atoms with E-state index in [9.17, 15) is 10.2 Å². The van der Waals surface area contributed by atoms with Crippen LogP contribution < -0.4 is 15.2 Å². The van der Waals surface area contributed by atoms with Gasteiger partial charge in [-0.1, -0.05) is 0 Å². The fraction of sp³-hybridized carbons (Fsp3) is 0.600. The van der Waals surface area contributed by atoms with Crippen molar-refractivity contribution in [1.29, 1.82) is 0 Å². The van der Waals surface area contributed by atoms with Gasteiger partial charge in [0.05, 0.1) is 6.07 Å². The Kier molecular flexibility index (Phi) is 5.24. The summed E-state index contributed by atoms with van der Waals surface area (Å²) in [6.45, 7) is 2.65. The number of anilines is 1. The number of hydrogen-bond donors (Lipinski definition) is 5. The Hall–Kier alpha value is -1.68. The summed E-state index contributed by atoms with van der Waals surface area (Å²) in [6, 6.07) is 1.15. The molecule has 0 saturated carbocycles. The number of rotatable bonds is 6. The molecule has 0 saturated heterocycles. The smallest absolute Gasteiger partial charge is 0.226 e. The van der Waals surface area contributed by atoms with Gasteiger partial charge < -0.3 is 35.6 Å². The van der Waals surface area contributed by atoms with Crippen molar-refractivity contribution in [3.05, 3.63) is 6.07 Å². The van der Waals surface area contributed by atoms with Gasteiger partial charge in [-0.3, -0.25) is 0 Å². The van der Waals surface area contributed by atoms with Crippen LogP contribution in [-0.2, 0) is 0 Å². The molecule has 4 atom stereocenters. The Bertz CT molecular complexity index is 380. The van der Waals surface area contributed by atoms with Crippen LogP contribution in [0.4, 0.5) is 5.95 Å². The number of nitrogens with two attached hydrogens (primary N) is 1. The standard InChI is InChI=1S/C10H17N3O6/c1-4(14)8(16)18-6-3-7(13-10(11)12-6)19-9(17)5(2)15/h3-5,8-9,14-17H,1-2H3,(H2,11,12,13)/t4-,5-,8+,9+/m0/s1. The Labute approximate surface area is 109 Å². The average molecular weight is 275 g/mol. The van der Waals surface area contributed by atoms with E-state index >= 15 is 0 Å². The molecule has 0 aromatic carbocycles. The molecule has 9 heteroatoms. The van der Waals surface area contributed by atoms with Crippen molar-refractivity contribution in [2.45, 2.75) is 38.6 Å². The first-order valence-electron chi connectivity index (χ1n) is 5.49. The molecule has 19 heavy (non-hydrogen) atoms. The maximum atomic E-state index is 9.33. The molecule has 0 bridgehead atoms. The number of aliphatic hydroxyl groups excluding tert-OH is 4. The molecule has 0 aliphatic rings. The van der Waals surface area contributed by atoms with Gasteiger partial charge in [-0.05, 0) is 13.8 Å². The number of ether oxygens (including phenoxy) is 2. The third kappa shape index (κ3) is 4.83. The van der Waals surface area contributed by atoms with Gasteiger partial charge >= 0.3 is 0 Å². The molecule has 0 amide bonds. The molecule has 1 heterocycles. The minimum atomic E-state index is -1.50. The summed E-state index contributed by atoms with van der Waals surface area (Å²) in [7, 11) is 0. The predicted octanol–water partition coefficient (Wildman–Crippen LogP) is -1.79. The van der Waals surface area contributed by atoms with E-state index in [1.807, 2.05) is 0 Å². The van der Waals surface area contributed by atoms with E-state index in [4.69, 9.17) is 25.4 Å². The van der Waals surface area contributed by atoms with Crippen molar-refractivity contribution in [3.8, 4) is 11.8 Å². The minimum absolute atomic E-state index is 0.145. The topological polar surface area (TPSA) is 151 Å². The zero-order chi connectivity index (χ0) is 14.6. The first-order valence-corrected chi connectivity index (χ1v) is 5.49. The summed E-state index contributed by atoms with van der Waals surface area (Å²) >= 11 is 0. The van der Waals surface area contributed by atoms with Crippen molar-refractivity contribution in [3.63, 3.8) is 0 Å². The normalized spacial score (nSPS) is 17.4. The average Bonchev–Trinajstić information content (AvgIpc) is 2.27. The monoisotopic (exact) mass is 275 g/mol. The third-order valence-corrected chi connectivity index (χ3v) is 2.00. The molecule has 108 valence electrons. The van der Waals surface area contributed by atoms with E-state index < -0.39 is 24.8 Å². The van der Waals surface area contributed by atoms with E-state index in [0.29, 0.717) is 0 Å². The largest absolute Gasteiger partial charge is 0.445 e. The van der Waals surface area contributed by atoms with Crippen LogP contribution in [0.15, 0.2) is 6.07 Å². The van der Waals surface area contributed by atoms with Crippen LogP contribution in [0.5, 0.6) is 11.8 Å². The van der Waals surface area contributed by atoms with E-state index in [1.54, 1.807) is 0 Å².